The molecule has 0 fully saturated rings. The molecular weight excluding hydrogens is 306 g/mol. The molecule has 0 aliphatic rings. The molecule has 0 saturated carbocycles. The fraction of sp³-hybridized carbons (Fsp3) is 0.267. The molecule has 0 spiro atoms. The van der Waals surface area contributed by atoms with Gasteiger partial charge < -0.3 is 14.2 Å². The van der Waals surface area contributed by atoms with Crippen LogP contribution in [0.5, 0.6) is 5.75 Å². The van der Waals surface area contributed by atoms with E-state index in [0.717, 1.165) is 17.1 Å². The van der Waals surface area contributed by atoms with Crippen molar-refractivity contribution in [1.82, 2.24) is 4.37 Å². The van der Waals surface area contributed by atoms with E-state index in [9.17, 15) is 9.59 Å². The number of benzene rings is 1. The van der Waals surface area contributed by atoms with Gasteiger partial charge in [0, 0.05) is 5.56 Å². The highest BCUT2D eigenvalue weighted by Gasteiger charge is 2.24. The summed E-state index contributed by atoms with van der Waals surface area (Å²) < 4.78 is 18.8. The van der Waals surface area contributed by atoms with Crippen molar-refractivity contribution in [2.45, 2.75) is 6.42 Å². The van der Waals surface area contributed by atoms with E-state index in [0.29, 0.717) is 21.9 Å². The van der Waals surface area contributed by atoms with Crippen molar-refractivity contribution in [2.24, 2.45) is 0 Å². The molecule has 0 bridgehead atoms. The Balaban J connectivity index is 2.45. The molecule has 1 aromatic carbocycles. The third-order valence-corrected chi connectivity index (χ3v) is 3.89. The molecule has 6 nitrogen and oxygen atoms in total. The van der Waals surface area contributed by atoms with E-state index in [-0.39, 0.29) is 6.42 Å². The molecule has 0 saturated heterocycles. The predicted octanol–water partition coefficient (Wildman–Crippen LogP) is 2.32. The van der Waals surface area contributed by atoms with Crippen molar-refractivity contribution < 1.29 is 23.8 Å². The van der Waals surface area contributed by atoms with Crippen LogP contribution in [0, 0.1) is 0 Å². The van der Waals surface area contributed by atoms with Crippen molar-refractivity contribution in [3.05, 3.63) is 34.7 Å². The van der Waals surface area contributed by atoms with Crippen molar-refractivity contribution >= 4 is 23.5 Å². The van der Waals surface area contributed by atoms with E-state index >= 15 is 0 Å². The van der Waals surface area contributed by atoms with Crippen molar-refractivity contribution in [2.75, 3.05) is 21.3 Å². The zero-order chi connectivity index (χ0) is 16.1. The Morgan fingerprint density at radius 2 is 1.77 bits per heavy atom. The SMILES string of the molecule is COC(=O)Cc1snc(-c2ccc(OC)cc2)c1C(=O)OC. The average Bonchev–Trinajstić information content (AvgIpc) is 2.97. The molecule has 2 aromatic rings. The van der Waals surface area contributed by atoms with Gasteiger partial charge in [0.2, 0.25) is 0 Å². The minimum absolute atomic E-state index is 0.0191. The first kappa shape index (κ1) is 16.0. The number of nitrogens with zero attached hydrogens (tertiary/aromatic N) is 1. The lowest BCUT2D eigenvalue weighted by Gasteiger charge is -2.05. The lowest BCUT2D eigenvalue weighted by Crippen LogP contribution is -2.09. The standard InChI is InChI=1S/C15H15NO5S/c1-19-10-6-4-9(5-7-10)14-13(15(18)21-3)11(22-16-14)8-12(17)20-2/h4-7H,8H2,1-3H3. The average molecular weight is 321 g/mol. The summed E-state index contributed by atoms with van der Waals surface area (Å²) in [5.41, 5.74) is 1.52. The summed E-state index contributed by atoms with van der Waals surface area (Å²) in [7, 11) is 4.16. The normalized spacial score (nSPS) is 10.1. The summed E-state index contributed by atoms with van der Waals surface area (Å²) >= 11 is 1.09. The number of esters is 2. The van der Waals surface area contributed by atoms with E-state index in [2.05, 4.69) is 9.11 Å². The molecule has 0 unspecified atom stereocenters. The van der Waals surface area contributed by atoms with Crippen LogP contribution in [-0.2, 0) is 20.7 Å². The number of aromatic nitrogens is 1. The van der Waals surface area contributed by atoms with Gasteiger partial charge in [0.1, 0.15) is 11.3 Å². The van der Waals surface area contributed by atoms with Crippen LogP contribution in [0.2, 0.25) is 0 Å². The van der Waals surface area contributed by atoms with Crippen LogP contribution in [0.25, 0.3) is 11.3 Å². The van der Waals surface area contributed by atoms with Gasteiger partial charge in [-0.1, -0.05) is 0 Å². The summed E-state index contributed by atoms with van der Waals surface area (Å²) in [4.78, 5) is 24.0. The van der Waals surface area contributed by atoms with Crippen LogP contribution in [0.1, 0.15) is 15.2 Å². The Hall–Kier alpha value is -2.41. The van der Waals surface area contributed by atoms with Crippen LogP contribution in [0.15, 0.2) is 24.3 Å². The van der Waals surface area contributed by atoms with Gasteiger partial charge in [-0.25, -0.2) is 4.79 Å². The van der Waals surface area contributed by atoms with Gasteiger partial charge in [-0.2, -0.15) is 4.37 Å². The Labute approximate surface area is 131 Å². The molecule has 22 heavy (non-hydrogen) atoms. The molecular formula is C15H15NO5S. The van der Waals surface area contributed by atoms with Crippen molar-refractivity contribution in [3.63, 3.8) is 0 Å². The molecule has 116 valence electrons. The highest BCUT2D eigenvalue weighted by atomic mass is 32.1. The third kappa shape index (κ3) is 3.25. The third-order valence-electron chi connectivity index (χ3n) is 3.05. The first-order valence-corrected chi connectivity index (χ1v) is 7.16. The van der Waals surface area contributed by atoms with Gasteiger partial charge in [-0.15, -0.1) is 0 Å². The highest BCUT2D eigenvalue weighted by Crippen LogP contribution is 2.30. The van der Waals surface area contributed by atoms with Crippen LogP contribution in [0.3, 0.4) is 0 Å². The van der Waals surface area contributed by atoms with Gasteiger partial charge in [0.15, 0.2) is 0 Å². The monoisotopic (exact) mass is 321 g/mol. The fourth-order valence-corrected chi connectivity index (χ4v) is 2.76. The fourth-order valence-electron chi connectivity index (χ4n) is 1.91. The number of carbonyl (C=O) groups excluding carboxylic acids is 2. The van der Waals surface area contributed by atoms with Gasteiger partial charge in [0.25, 0.3) is 0 Å². The summed E-state index contributed by atoms with van der Waals surface area (Å²) in [5, 5.41) is 0. The van der Waals surface area contributed by atoms with Crippen molar-refractivity contribution in [1.29, 1.82) is 0 Å². The Kier molecular flexibility index (Phi) is 5.11. The second-order valence-electron chi connectivity index (χ2n) is 4.30. The van der Waals surface area contributed by atoms with E-state index in [1.54, 1.807) is 31.4 Å². The number of hydrogen-bond acceptors (Lipinski definition) is 7. The number of methoxy groups -OCH3 is 3. The molecule has 0 N–H and O–H groups in total. The Morgan fingerprint density at radius 3 is 2.32 bits per heavy atom. The number of carbonyl (C=O) groups is 2. The van der Waals surface area contributed by atoms with Gasteiger partial charge in [0.05, 0.1) is 38.3 Å². The molecule has 0 aliphatic carbocycles. The van der Waals surface area contributed by atoms with Gasteiger partial charge in [-0.3, -0.25) is 4.79 Å². The minimum atomic E-state index is -0.529. The summed E-state index contributed by atoms with van der Waals surface area (Å²) in [6.07, 6.45) is -0.0191. The summed E-state index contributed by atoms with van der Waals surface area (Å²) in [6.45, 7) is 0. The summed E-state index contributed by atoms with van der Waals surface area (Å²) in [6, 6.07) is 7.13. The van der Waals surface area contributed by atoms with Crippen LogP contribution >= 0.6 is 11.5 Å². The quantitative estimate of drug-likeness (QED) is 0.787. The zero-order valence-corrected chi connectivity index (χ0v) is 13.2. The molecule has 1 aromatic heterocycles. The maximum absolute atomic E-state index is 12.1. The lowest BCUT2D eigenvalue weighted by molar-refractivity contribution is -0.139. The maximum Gasteiger partial charge on any atom is 0.341 e. The molecule has 0 atom stereocenters. The molecule has 1 heterocycles. The maximum atomic E-state index is 12.1. The highest BCUT2D eigenvalue weighted by molar-refractivity contribution is 7.06. The van der Waals surface area contributed by atoms with Crippen LogP contribution in [-0.4, -0.2) is 37.6 Å². The Bertz CT molecular complexity index is 678. The van der Waals surface area contributed by atoms with Gasteiger partial charge in [-0.05, 0) is 35.8 Å². The molecule has 7 heteroatoms. The molecule has 0 radical (unpaired) electrons. The van der Waals surface area contributed by atoms with Gasteiger partial charge >= 0.3 is 11.9 Å². The lowest BCUT2D eigenvalue weighted by atomic mass is 10.1. The summed E-state index contributed by atoms with van der Waals surface area (Å²) in [5.74, 6) is -0.262. The Morgan fingerprint density at radius 1 is 1.09 bits per heavy atom. The van der Waals surface area contributed by atoms with E-state index in [1.807, 2.05) is 0 Å². The minimum Gasteiger partial charge on any atom is -0.497 e. The topological polar surface area (TPSA) is 74.7 Å². The number of ether oxygens (including phenoxy) is 3. The van der Waals surface area contributed by atoms with E-state index < -0.39 is 11.9 Å². The zero-order valence-electron chi connectivity index (χ0n) is 12.4. The van der Waals surface area contributed by atoms with Crippen LogP contribution < -0.4 is 4.74 Å². The molecule has 0 aliphatic heterocycles. The second-order valence-corrected chi connectivity index (χ2v) is 5.16. The first-order valence-electron chi connectivity index (χ1n) is 6.38. The number of rotatable bonds is 5. The largest absolute Gasteiger partial charge is 0.497 e. The first-order chi connectivity index (χ1) is 10.6. The van der Waals surface area contributed by atoms with Crippen LogP contribution in [0.4, 0.5) is 0 Å². The smallest absolute Gasteiger partial charge is 0.341 e. The van der Waals surface area contributed by atoms with Crippen molar-refractivity contribution in [3.8, 4) is 17.0 Å². The molecule has 0 amide bonds. The van der Waals surface area contributed by atoms with E-state index in [1.165, 1.54) is 14.2 Å². The van der Waals surface area contributed by atoms with E-state index in [4.69, 9.17) is 9.47 Å². The second kappa shape index (κ2) is 7.04. The molecule has 2 rings (SSSR count). The predicted molar refractivity (Wildman–Crippen MR) is 81.2 cm³/mol. The number of hydrogen-bond donors (Lipinski definition) is 0.